The van der Waals surface area contributed by atoms with Crippen molar-refractivity contribution >= 4 is 21.8 Å². The average Bonchev–Trinajstić information content (AvgIpc) is 2.31. The molecule has 0 saturated carbocycles. The smallest absolute Gasteiger partial charge is 0.223 e. The fraction of sp³-hybridized carbons (Fsp3) is 0.875. The third-order valence-electron chi connectivity index (χ3n) is 2.02. The summed E-state index contributed by atoms with van der Waals surface area (Å²) in [5.74, 6) is 0.730. The molecule has 4 heteroatoms. The Morgan fingerprint density at radius 2 is 2.50 bits per heavy atom. The van der Waals surface area contributed by atoms with E-state index in [1.165, 1.54) is 0 Å². The topological polar surface area (TPSA) is 46.3 Å². The van der Waals surface area contributed by atoms with Crippen LogP contribution in [0.3, 0.4) is 0 Å². The summed E-state index contributed by atoms with van der Waals surface area (Å²) in [6.45, 7) is 3.49. The molecular formula is C8H15BrN2O. The van der Waals surface area contributed by atoms with Crippen LogP contribution in [0, 0.1) is 5.92 Å². The van der Waals surface area contributed by atoms with Gasteiger partial charge < -0.3 is 10.6 Å². The van der Waals surface area contributed by atoms with Crippen molar-refractivity contribution in [3.63, 3.8) is 0 Å². The summed E-state index contributed by atoms with van der Waals surface area (Å²) in [6.07, 6.45) is 0.679. The number of amides is 1. The number of alkyl halides is 1. The zero-order chi connectivity index (χ0) is 9.14. The highest BCUT2D eigenvalue weighted by molar-refractivity contribution is 9.09. The first-order chi connectivity index (χ1) is 5.63. The number of nitrogens with zero attached hydrogens (tertiary/aromatic N) is 1. The van der Waals surface area contributed by atoms with Gasteiger partial charge in [0.05, 0.1) is 0 Å². The molecule has 1 aliphatic heterocycles. The van der Waals surface area contributed by atoms with Crippen molar-refractivity contribution in [1.29, 1.82) is 0 Å². The number of carbonyl (C=O) groups is 1. The van der Waals surface area contributed by atoms with Crippen molar-refractivity contribution in [2.24, 2.45) is 11.7 Å². The number of nitrogens with two attached hydrogens (primary N) is 1. The summed E-state index contributed by atoms with van der Waals surface area (Å²) in [6, 6.07) is 0.0861. The molecule has 0 aromatic heterocycles. The summed E-state index contributed by atoms with van der Waals surface area (Å²) in [5.41, 5.74) is 5.62. The molecule has 1 rings (SSSR count). The number of halogens is 1. The van der Waals surface area contributed by atoms with Gasteiger partial charge in [0.15, 0.2) is 0 Å². The van der Waals surface area contributed by atoms with Gasteiger partial charge in [-0.1, -0.05) is 15.9 Å². The highest BCUT2D eigenvalue weighted by Crippen LogP contribution is 2.19. The number of rotatable bonds is 3. The van der Waals surface area contributed by atoms with Gasteiger partial charge in [-0.25, -0.2) is 0 Å². The number of carbonyl (C=O) groups excluding carboxylic acids is 1. The third-order valence-corrected chi connectivity index (χ3v) is 2.94. The lowest BCUT2D eigenvalue weighted by atomic mass is 10.2. The molecule has 3 nitrogen and oxygen atoms in total. The van der Waals surface area contributed by atoms with Gasteiger partial charge in [0.1, 0.15) is 0 Å². The molecule has 70 valence electrons. The summed E-state index contributed by atoms with van der Waals surface area (Å²) in [7, 11) is 0. The molecule has 0 aromatic carbocycles. The van der Waals surface area contributed by atoms with E-state index < -0.39 is 0 Å². The molecular weight excluding hydrogens is 220 g/mol. The number of hydrogen-bond acceptors (Lipinski definition) is 2. The second-order valence-corrected chi connectivity index (χ2v) is 4.15. The average molecular weight is 235 g/mol. The molecule has 2 N–H and O–H groups in total. The maximum atomic E-state index is 11.3. The first-order valence-electron chi connectivity index (χ1n) is 4.22. The van der Waals surface area contributed by atoms with E-state index >= 15 is 0 Å². The molecule has 2 unspecified atom stereocenters. The van der Waals surface area contributed by atoms with Crippen molar-refractivity contribution in [2.75, 3.05) is 18.4 Å². The summed E-state index contributed by atoms with van der Waals surface area (Å²) >= 11 is 3.39. The molecule has 1 aliphatic rings. The third kappa shape index (κ3) is 2.45. The molecule has 0 aliphatic carbocycles. The molecule has 0 spiro atoms. The SMILES string of the molecule is CC(N)CN1CC(CBr)CC1=O. The van der Waals surface area contributed by atoms with Gasteiger partial charge >= 0.3 is 0 Å². The van der Waals surface area contributed by atoms with Crippen molar-refractivity contribution in [3.05, 3.63) is 0 Å². The lowest BCUT2D eigenvalue weighted by Crippen LogP contribution is -2.36. The van der Waals surface area contributed by atoms with Crippen LogP contribution in [-0.2, 0) is 4.79 Å². The van der Waals surface area contributed by atoms with E-state index in [1.54, 1.807) is 0 Å². The van der Waals surface area contributed by atoms with Crippen LogP contribution >= 0.6 is 15.9 Å². The standard InChI is InChI=1S/C8H15BrN2O/c1-6(10)4-11-5-7(3-9)2-8(11)12/h6-7H,2-5,10H2,1H3. The van der Waals surface area contributed by atoms with E-state index in [1.807, 2.05) is 11.8 Å². The minimum atomic E-state index is 0.0861. The summed E-state index contributed by atoms with van der Waals surface area (Å²) in [4.78, 5) is 13.2. The van der Waals surface area contributed by atoms with Gasteiger partial charge in [0.25, 0.3) is 0 Å². The molecule has 12 heavy (non-hydrogen) atoms. The van der Waals surface area contributed by atoms with E-state index in [4.69, 9.17) is 5.73 Å². The van der Waals surface area contributed by atoms with Crippen LogP contribution < -0.4 is 5.73 Å². The van der Waals surface area contributed by atoms with Crippen LogP contribution in [0.5, 0.6) is 0 Å². The zero-order valence-corrected chi connectivity index (χ0v) is 8.88. The number of likely N-dealkylation sites (tertiary alicyclic amines) is 1. The Bertz CT molecular complexity index is 172. The molecule has 1 amide bonds. The molecule has 0 bridgehead atoms. The predicted molar refractivity (Wildman–Crippen MR) is 52.1 cm³/mol. The van der Waals surface area contributed by atoms with E-state index in [-0.39, 0.29) is 11.9 Å². The highest BCUT2D eigenvalue weighted by Gasteiger charge is 2.28. The normalized spacial score (nSPS) is 26.4. The van der Waals surface area contributed by atoms with Crippen molar-refractivity contribution in [2.45, 2.75) is 19.4 Å². The summed E-state index contributed by atoms with van der Waals surface area (Å²) < 4.78 is 0. The largest absolute Gasteiger partial charge is 0.341 e. The van der Waals surface area contributed by atoms with Gasteiger partial charge in [-0.05, 0) is 12.8 Å². The van der Waals surface area contributed by atoms with Crippen LogP contribution in [0.25, 0.3) is 0 Å². The maximum Gasteiger partial charge on any atom is 0.223 e. The Hall–Kier alpha value is -0.0900. The van der Waals surface area contributed by atoms with Crippen molar-refractivity contribution in [1.82, 2.24) is 4.90 Å². The summed E-state index contributed by atoms with van der Waals surface area (Å²) in [5, 5.41) is 0.911. The molecule has 1 heterocycles. The Labute approximate surface area is 81.4 Å². The quantitative estimate of drug-likeness (QED) is 0.727. The monoisotopic (exact) mass is 234 g/mol. The Balaban J connectivity index is 2.41. The van der Waals surface area contributed by atoms with Gasteiger partial charge in [0.2, 0.25) is 5.91 Å². The molecule has 0 aromatic rings. The Morgan fingerprint density at radius 1 is 1.83 bits per heavy atom. The first-order valence-corrected chi connectivity index (χ1v) is 5.35. The van der Waals surface area contributed by atoms with Gasteiger partial charge in [0, 0.05) is 30.9 Å². The van der Waals surface area contributed by atoms with E-state index in [2.05, 4.69) is 15.9 Å². The van der Waals surface area contributed by atoms with Crippen LogP contribution in [0.1, 0.15) is 13.3 Å². The van der Waals surface area contributed by atoms with Crippen LogP contribution in [0.15, 0.2) is 0 Å². The minimum absolute atomic E-state index is 0.0861. The molecule has 1 fully saturated rings. The van der Waals surface area contributed by atoms with Gasteiger partial charge in [-0.3, -0.25) is 4.79 Å². The lowest BCUT2D eigenvalue weighted by Gasteiger charge is -2.18. The van der Waals surface area contributed by atoms with Crippen LogP contribution in [0.2, 0.25) is 0 Å². The molecule has 1 saturated heterocycles. The van der Waals surface area contributed by atoms with Crippen LogP contribution in [-0.4, -0.2) is 35.3 Å². The van der Waals surface area contributed by atoms with Crippen molar-refractivity contribution in [3.8, 4) is 0 Å². The first kappa shape index (κ1) is 9.99. The minimum Gasteiger partial charge on any atom is -0.341 e. The second kappa shape index (κ2) is 4.23. The zero-order valence-electron chi connectivity index (χ0n) is 7.29. The maximum absolute atomic E-state index is 11.3. The van der Waals surface area contributed by atoms with Gasteiger partial charge in [-0.15, -0.1) is 0 Å². The lowest BCUT2D eigenvalue weighted by molar-refractivity contribution is -0.127. The Morgan fingerprint density at radius 3 is 2.92 bits per heavy atom. The fourth-order valence-corrected chi connectivity index (χ4v) is 1.92. The molecule has 2 atom stereocenters. The van der Waals surface area contributed by atoms with Crippen LogP contribution in [0.4, 0.5) is 0 Å². The Kier molecular flexibility index (Phi) is 3.53. The van der Waals surface area contributed by atoms with Gasteiger partial charge in [-0.2, -0.15) is 0 Å². The van der Waals surface area contributed by atoms with E-state index in [0.717, 1.165) is 11.9 Å². The molecule has 0 radical (unpaired) electrons. The highest BCUT2D eigenvalue weighted by atomic mass is 79.9. The van der Waals surface area contributed by atoms with E-state index in [9.17, 15) is 4.79 Å². The predicted octanol–water partition coefficient (Wildman–Crippen LogP) is 0.577. The fourth-order valence-electron chi connectivity index (χ4n) is 1.48. The second-order valence-electron chi connectivity index (χ2n) is 3.50. The van der Waals surface area contributed by atoms with Crippen molar-refractivity contribution < 1.29 is 4.79 Å². The van der Waals surface area contributed by atoms with E-state index in [0.29, 0.717) is 18.9 Å². The number of hydrogen-bond donors (Lipinski definition) is 1.